The number of piperidine rings is 1. The van der Waals surface area contributed by atoms with Gasteiger partial charge < -0.3 is 0 Å². The minimum Gasteiger partial charge on any atom is -0.299 e. The van der Waals surface area contributed by atoms with E-state index in [0.29, 0.717) is 0 Å². The lowest BCUT2D eigenvalue weighted by molar-refractivity contribution is 0.204. The van der Waals surface area contributed by atoms with E-state index in [4.69, 9.17) is 0 Å². The Morgan fingerprint density at radius 3 is 2.10 bits per heavy atom. The van der Waals surface area contributed by atoms with Crippen LogP contribution >= 0.6 is 0 Å². The molecule has 3 rings (SSSR count). The summed E-state index contributed by atoms with van der Waals surface area (Å²) in [6.07, 6.45) is 3.71. The molecule has 0 spiro atoms. The molecule has 0 aliphatic carbocycles. The van der Waals surface area contributed by atoms with Gasteiger partial charge in [-0.3, -0.25) is 4.90 Å². The van der Waals surface area contributed by atoms with E-state index in [1.807, 2.05) is 0 Å². The molecular weight excluding hydrogens is 254 g/mol. The summed E-state index contributed by atoms with van der Waals surface area (Å²) < 4.78 is 0. The molecule has 1 fully saturated rings. The second-order valence-corrected chi connectivity index (χ2v) is 6.13. The Balaban J connectivity index is 1.53. The van der Waals surface area contributed by atoms with E-state index in [0.717, 1.165) is 18.9 Å². The molecule has 1 heterocycles. The molecule has 2 aromatic rings. The van der Waals surface area contributed by atoms with E-state index < -0.39 is 0 Å². The minimum atomic E-state index is 0.755. The summed E-state index contributed by atoms with van der Waals surface area (Å²) in [5.41, 5.74) is 4.40. The average molecular weight is 279 g/mol. The number of aryl methyl sites for hydroxylation is 1. The first-order valence-corrected chi connectivity index (χ1v) is 8.20. The second kappa shape index (κ2) is 6.91. The SMILES string of the molecule is CCc1ccc(CN2CCC(c3ccccc3)CC2)cc1. The van der Waals surface area contributed by atoms with Crippen LogP contribution in [0.4, 0.5) is 0 Å². The number of hydrogen-bond acceptors (Lipinski definition) is 1. The smallest absolute Gasteiger partial charge is 0.0233 e. The highest BCUT2D eigenvalue weighted by Crippen LogP contribution is 2.28. The fourth-order valence-corrected chi connectivity index (χ4v) is 3.29. The predicted molar refractivity (Wildman–Crippen MR) is 89.5 cm³/mol. The molecular formula is C20H25N. The molecule has 1 aliphatic heterocycles. The van der Waals surface area contributed by atoms with Crippen molar-refractivity contribution in [2.24, 2.45) is 0 Å². The molecule has 1 nitrogen and oxygen atoms in total. The van der Waals surface area contributed by atoms with Crippen molar-refractivity contribution < 1.29 is 0 Å². The van der Waals surface area contributed by atoms with Crippen LogP contribution in [0.3, 0.4) is 0 Å². The maximum Gasteiger partial charge on any atom is 0.0233 e. The van der Waals surface area contributed by atoms with E-state index in [1.54, 1.807) is 0 Å². The van der Waals surface area contributed by atoms with Gasteiger partial charge in [-0.25, -0.2) is 0 Å². The molecule has 2 aromatic carbocycles. The molecule has 0 amide bonds. The van der Waals surface area contributed by atoms with Gasteiger partial charge in [0.25, 0.3) is 0 Å². The second-order valence-electron chi connectivity index (χ2n) is 6.13. The Hall–Kier alpha value is -1.60. The van der Waals surface area contributed by atoms with Crippen LogP contribution in [0.15, 0.2) is 54.6 Å². The van der Waals surface area contributed by atoms with Gasteiger partial charge in [0.15, 0.2) is 0 Å². The third-order valence-corrected chi connectivity index (χ3v) is 4.70. The van der Waals surface area contributed by atoms with Gasteiger partial charge in [-0.15, -0.1) is 0 Å². The lowest BCUT2D eigenvalue weighted by Crippen LogP contribution is -2.32. The van der Waals surface area contributed by atoms with Gasteiger partial charge in [-0.2, -0.15) is 0 Å². The topological polar surface area (TPSA) is 3.24 Å². The van der Waals surface area contributed by atoms with E-state index >= 15 is 0 Å². The third-order valence-electron chi connectivity index (χ3n) is 4.70. The summed E-state index contributed by atoms with van der Waals surface area (Å²) >= 11 is 0. The first-order chi connectivity index (χ1) is 10.3. The normalized spacial score (nSPS) is 17.0. The van der Waals surface area contributed by atoms with Crippen LogP contribution in [-0.4, -0.2) is 18.0 Å². The number of likely N-dealkylation sites (tertiary alicyclic amines) is 1. The van der Waals surface area contributed by atoms with Crippen LogP contribution in [0, 0.1) is 0 Å². The van der Waals surface area contributed by atoms with E-state index in [1.165, 1.54) is 42.6 Å². The standard InChI is InChI=1S/C20H25N/c1-2-17-8-10-18(11-9-17)16-21-14-12-20(13-15-21)19-6-4-3-5-7-19/h3-11,20H,2,12-16H2,1H3. The van der Waals surface area contributed by atoms with Crippen molar-refractivity contribution in [3.63, 3.8) is 0 Å². The Labute approximate surface area is 128 Å². The monoisotopic (exact) mass is 279 g/mol. The highest BCUT2D eigenvalue weighted by Gasteiger charge is 2.20. The highest BCUT2D eigenvalue weighted by atomic mass is 15.1. The number of nitrogens with zero attached hydrogens (tertiary/aromatic N) is 1. The zero-order valence-corrected chi connectivity index (χ0v) is 13.0. The summed E-state index contributed by atoms with van der Waals surface area (Å²) in [6.45, 7) is 5.75. The van der Waals surface area contributed by atoms with Crippen LogP contribution in [0.5, 0.6) is 0 Å². The minimum absolute atomic E-state index is 0.755. The van der Waals surface area contributed by atoms with Crippen molar-refractivity contribution in [2.45, 2.75) is 38.6 Å². The van der Waals surface area contributed by atoms with Crippen molar-refractivity contribution in [2.75, 3.05) is 13.1 Å². The van der Waals surface area contributed by atoms with Gasteiger partial charge in [0.2, 0.25) is 0 Å². The molecule has 110 valence electrons. The molecule has 0 unspecified atom stereocenters. The summed E-state index contributed by atoms with van der Waals surface area (Å²) in [7, 11) is 0. The lowest BCUT2D eigenvalue weighted by atomic mass is 9.89. The largest absolute Gasteiger partial charge is 0.299 e. The highest BCUT2D eigenvalue weighted by molar-refractivity contribution is 5.23. The Kier molecular flexibility index (Phi) is 4.72. The summed E-state index contributed by atoms with van der Waals surface area (Å²) in [5.74, 6) is 0.755. The van der Waals surface area contributed by atoms with Gasteiger partial charge >= 0.3 is 0 Å². The molecule has 0 aromatic heterocycles. The lowest BCUT2D eigenvalue weighted by Gasteiger charge is -2.32. The van der Waals surface area contributed by atoms with Crippen molar-refractivity contribution in [3.05, 3.63) is 71.3 Å². The molecule has 0 bridgehead atoms. The summed E-state index contributed by atoms with van der Waals surface area (Å²) in [5, 5.41) is 0. The average Bonchev–Trinajstić information content (AvgIpc) is 2.57. The van der Waals surface area contributed by atoms with E-state index in [-0.39, 0.29) is 0 Å². The van der Waals surface area contributed by atoms with Crippen LogP contribution in [0.25, 0.3) is 0 Å². The molecule has 1 heteroatoms. The maximum atomic E-state index is 2.60. The van der Waals surface area contributed by atoms with Crippen molar-refractivity contribution >= 4 is 0 Å². The summed E-state index contributed by atoms with van der Waals surface area (Å²) in [6, 6.07) is 20.1. The van der Waals surface area contributed by atoms with Gasteiger partial charge in [-0.05, 0) is 55.0 Å². The van der Waals surface area contributed by atoms with Crippen LogP contribution < -0.4 is 0 Å². The molecule has 0 N–H and O–H groups in total. The fraction of sp³-hybridized carbons (Fsp3) is 0.400. The zero-order chi connectivity index (χ0) is 14.5. The Morgan fingerprint density at radius 1 is 0.857 bits per heavy atom. The molecule has 0 radical (unpaired) electrons. The maximum absolute atomic E-state index is 2.60. The van der Waals surface area contributed by atoms with Gasteiger partial charge in [-0.1, -0.05) is 61.5 Å². The molecule has 21 heavy (non-hydrogen) atoms. The first-order valence-electron chi connectivity index (χ1n) is 8.20. The van der Waals surface area contributed by atoms with Gasteiger partial charge in [0, 0.05) is 6.54 Å². The summed E-state index contributed by atoms with van der Waals surface area (Å²) in [4.78, 5) is 2.60. The van der Waals surface area contributed by atoms with Crippen LogP contribution in [-0.2, 0) is 13.0 Å². The van der Waals surface area contributed by atoms with Crippen molar-refractivity contribution in [3.8, 4) is 0 Å². The van der Waals surface area contributed by atoms with Crippen LogP contribution in [0.1, 0.15) is 42.4 Å². The molecule has 0 atom stereocenters. The number of benzene rings is 2. The zero-order valence-electron chi connectivity index (χ0n) is 13.0. The number of rotatable bonds is 4. The predicted octanol–water partition coefficient (Wildman–Crippen LogP) is 4.63. The molecule has 0 saturated carbocycles. The Bertz CT molecular complexity index is 536. The molecule has 1 saturated heterocycles. The van der Waals surface area contributed by atoms with Crippen molar-refractivity contribution in [1.29, 1.82) is 0 Å². The van der Waals surface area contributed by atoms with Gasteiger partial charge in [0.05, 0.1) is 0 Å². The Morgan fingerprint density at radius 2 is 1.48 bits per heavy atom. The van der Waals surface area contributed by atoms with Crippen LogP contribution in [0.2, 0.25) is 0 Å². The van der Waals surface area contributed by atoms with Crippen molar-refractivity contribution in [1.82, 2.24) is 4.90 Å². The number of hydrogen-bond donors (Lipinski definition) is 0. The van der Waals surface area contributed by atoms with E-state index in [2.05, 4.69) is 66.4 Å². The van der Waals surface area contributed by atoms with Gasteiger partial charge in [0.1, 0.15) is 0 Å². The molecule has 1 aliphatic rings. The first kappa shape index (κ1) is 14.3. The van der Waals surface area contributed by atoms with E-state index in [9.17, 15) is 0 Å². The quantitative estimate of drug-likeness (QED) is 0.789. The fourth-order valence-electron chi connectivity index (χ4n) is 3.29. The third kappa shape index (κ3) is 3.74.